The van der Waals surface area contributed by atoms with Crippen molar-refractivity contribution in [2.24, 2.45) is 11.8 Å². The van der Waals surface area contributed by atoms with Gasteiger partial charge in [-0.15, -0.1) is 0 Å². The number of hydrogen-bond acceptors (Lipinski definition) is 10. The summed E-state index contributed by atoms with van der Waals surface area (Å²) in [7, 11) is 2.59. The van der Waals surface area contributed by atoms with E-state index in [-0.39, 0.29) is 60.2 Å². The van der Waals surface area contributed by atoms with Gasteiger partial charge >= 0.3 is 12.2 Å². The second-order valence-corrected chi connectivity index (χ2v) is 20.6. The number of likely N-dealkylation sites (tertiary alicyclic amines) is 2. The molecule has 16 nitrogen and oxygen atoms in total. The molecular formula is C53H64F2N10O6. The standard InChI is InChI=1S/C53H64F2N10O6/c1-70-52(68)56-29-46(66)65-41-13-8-12-31(41)26-45(65)50-58-38-18-16-33(25-40(38)60-50)43-20-19-42(64(43)34-27-35(54)48(36(55)28-34)62-21-6-3-7-22-62)32-15-17-37-39(24-32)59-49(57-37)44-14-9-23-63(44)51(67)47(61-53(69)71-2)30-10-4-5-11-30/h15-18,24-25,27-28,30-31,41-45,47H,3-14,19-23,26,29H2,1-2H3,(H,56,68)(H,57,59)(H,58,60)(H,61,69)/t31-,41-,42+,43+,44-,45-,47?/m0/s1. The van der Waals surface area contributed by atoms with Crippen LogP contribution in [0.5, 0.6) is 0 Å². The summed E-state index contributed by atoms with van der Waals surface area (Å²) < 4.78 is 42.6. The number of anilines is 2. The van der Waals surface area contributed by atoms with Gasteiger partial charge in [-0.25, -0.2) is 28.3 Å². The number of fused-ring (bicyclic) bond motifs is 3. The lowest BCUT2D eigenvalue weighted by atomic mass is 9.96. The van der Waals surface area contributed by atoms with Crippen molar-refractivity contribution in [3.05, 3.63) is 82.9 Å². The maximum Gasteiger partial charge on any atom is 0.407 e. The van der Waals surface area contributed by atoms with Gasteiger partial charge < -0.3 is 49.7 Å². The number of nitrogens with zero attached hydrogens (tertiary/aromatic N) is 6. The summed E-state index contributed by atoms with van der Waals surface area (Å²) in [6.45, 7) is 1.61. The van der Waals surface area contributed by atoms with Gasteiger partial charge in [-0.1, -0.05) is 31.4 Å². The Bertz CT molecular complexity index is 2800. The van der Waals surface area contributed by atoms with Crippen molar-refractivity contribution in [2.75, 3.05) is 50.2 Å². The zero-order valence-electron chi connectivity index (χ0n) is 40.6. The van der Waals surface area contributed by atoms with E-state index in [2.05, 4.69) is 37.6 Å². The number of aromatic amines is 2. The predicted octanol–water partition coefficient (Wildman–Crippen LogP) is 9.17. The lowest BCUT2D eigenvalue weighted by molar-refractivity contribution is -0.136. The van der Waals surface area contributed by atoms with E-state index in [1.807, 2.05) is 39.0 Å². The van der Waals surface area contributed by atoms with Crippen LogP contribution in [-0.2, 0) is 19.1 Å². The Hall–Kier alpha value is -6.46. The van der Waals surface area contributed by atoms with E-state index >= 15 is 8.78 Å². The van der Waals surface area contributed by atoms with Crippen LogP contribution in [0.1, 0.15) is 143 Å². The summed E-state index contributed by atoms with van der Waals surface area (Å²) in [5, 5.41) is 5.42. The third-order valence-electron chi connectivity index (χ3n) is 16.6. The van der Waals surface area contributed by atoms with Gasteiger partial charge in [-0.2, -0.15) is 0 Å². The highest BCUT2D eigenvalue weighted by atomic mass is 19.1. The molecule has 2 saturated carbocycles. The molecule has 376 valence electrons. The molecular weight excluding hydrogens is 911 g/mol. The van der Waals surface area contributed by atoms with Gasteiger partial charge in [0.05, 0.1) is 60.5 Å². The number of hydrogen-bond donors (Lipinski definition) is 4. The molecule has 0 spiro atoms. The van der Waals surface area contributed by atoms with Crippen molar-refractivity contribution < 1.29 is 37.4 Å². The average Bonchev–Trinajstić information content (AvgIpc) is 4.24. The van der Waals surface area contributed by atoms with Crippen molar-refractivity contribution in [3.8, 4) is 0 Å². The molecule has 4 amide bonds. The first kappa shape index (κ1) is 46.9. The highest BCUT2D eigenvalue weighted by Gasteiger charge is 2.48. The first-order chi connectivity index (χ1) is 34.6. The molecule has 71 heavy (non-hydrogen) atoms. The van der Waals surface area contributed by atoms with Crippen LogP contribution < -0.4 is 20.4 Å². The molecule has 0 bridgehead atoms. The molecule has 4 aliphatic heterocycles. The Morgan fingerprint density at radius 3 is 1.96 bits per heavy atom. The normalized spacial score (nSPS) is 25.1. The van der Waals surface area contributed by atoms with E-state index in [1.54, 1.807) is 0 Å². The van der Waals surface area contributed by atoms with E-state index in [0.717, 1.165) is 117 Å². The number of benzene rings is 3. The molecule has 6 heterocycles. The third kappa shape index (κ3) is 8.89. The van der Waals surface area contributed by atoms with Crippen molar-refractivity contribution in [1.29, 1.82) is 0 Å². The highest BCUT2D eigenvalue weighted by Crippen LogP contribution is 2.50. The van der Waals surface area contributed by atoms with Gasteiger partial charge in [0.1, 0.15) is 29.9 Å². The van der Waals surface area contributed by atoms with Gasteiger partial charge in [0.25, 0.3) is 0 Å². The van der Waals surface area contributed by atoms with Crippen LogP contribution in [0.4, 0.5) is 29.7 Å². The fourth-order valence-electron chi connectivity index (χ4n) is 13.3. The zero-order chi connectivity index (χ0) is 48.9. The number of carbonyl (C=O) groups is 4. The van der Waals surface area contributed by atoms with Crippen LogP contribution in [0.25, 0.3) is 22.1 Å². The van der Waals surface area contributed by atoms with Crippen LogP contribution in [0.15, 0.2) is 48.5 Å². The van der Waals surface area contributed by atoms with Crippen LogP contribution in [0.3, 0.4) is 0 Å². The smallest absolute Gasteiger partial charge is 0.407 e. The molecule has 1 unspecified atom stereocenters. The molecule has 4 N–H and O–H groups in total. The second kappa shape index (κ2) is 19.6. The van der Waals surface area contributed by atoms with Crippen molar-refractivity contribution in [3.63, 3.8) is 0 Å². The van der Waals surface area contributed by atoms with Crippen LogP contribution in [-0.4, -0.2) is 106 Å². The number of H-pyrrole nitrogens is 2. The average molecular weight is 975 g/mol. The number of piperidine rings is 1. The Morgan fingerprint density at radius 2 is 1.32 bits per heavy atom. The quantitative estimate of drug-likeness (QED) is 0.0997. The number of carbonyl (C=O) groups excluding carboxylic acids is 4. The van der Waals surface area contributed by atoms with E-state index < -0.39 is 29.9 Å². The maximum atomic E-state index is 16.5. The fraction of sp³-hybridized carbons (Fsp3) is 0.547. The number of aromatic nitrogens is 4. The number of nitrogens with one attached hydrogen (secondary N) is 4. The summed E-state index contributed by atoms with van der Waals surface area (Å²) in [5.41, 5.74) is 5.50. The van der Waals surface area contributed by atoms with E-state index in [4.69, 9.17) is 19.4 Å². The molecule has 11 rings (SSSR count). The number of halogens is 2. The van der Waals surface area contributed by atoms with Crippen LogP contribution in [0, 0.1) is 23.5 Å². The molecule has 6 fully saturated rings. The molecule has 2 aromatic heterocycles. The molecule has 0 radical (unpaired) electrons. The summed E-state index contributed by atoms with van der Waals surface area (Å²) in [4.78, 5) is 77.3. The van der Waals surface area contributed by atoms with Crippen molar-refractivity contribution >= 4 is 57.4 Å². The number of ether oxygens (including phenoxy) is 2. The minimum atomic E-state index is -0.668. The first-order valence-corrected chi connectivity index (χ1v) is 25.9. The lowest BCUT2D eigenvalue weighted by Crippen LogP contribution is -2.51. The maximum absolute atomic E-state index is 16.5. The largest absolute Gasteiger partial charge is 0.453 e. The Labute approximate surface area is 411 Å². The fourth-order valence-corrected chi connectivity index (χ4v) is 13.3. The van der Waals surface area contributed by atoms with E-state index in [9.17, 15) is 19.2 Å². The highest BCUT2D eigenvalue weighted by molar-refractivity contribution is 5.87. The van der Waals surface area contributed by atoms with Crippen LogP contribution >= 0.6 is 0 Å². The van der Waals surface area contributed by atoms with Gasteiger partial charge in [-0.05, 0) is 136 Å². The first-order valence-electron chi connectivity index (χ1n) is 25.9. The number of alkyl carbamates (subject to hydrolysis) is 2. The van der Waals surface area contributed by atoms with Gasteiger partial charge in [-0.3, -0.25) is 9.59 Å². The molecule has 2 aliphatic carbocycles. The molecule has 6 aliphatic rings. The Kier molecular flexibility index (Phi) is 13.0. The summed E-state index contributed by atoms with van der Waals surface area (Å²) in [5.74, 6) is 0.325. The van der Waals surface area contributed by atoms with Gasteiger partial charge in [0.15, 0.2) is 11.6 Å². The predicted molar refractivity (Wildman–Crippen MR) is 263 cm³/mol. The lowest BCUT2D eigenvalue weighted by Gasteiger charge is -2.35. The van der Waals surface area contributed by atoms with Crippen molar-refractivity contribution in [2.45, 2.75) is 133 Å². The SMILES string of the molecule is COC(=O)NCC(=O)N1[C@H](c2nc3ccc([C@H]4CC[C@H](c5ccc6nc([C@@H]7CCCN7C(=O)C(NC(=O)OC)C7CCCC7)[nH]c6c5)N4c4cc(F)c(N5CCCCC5)c(F)c4)cc3[nH]2)C[C@@H]2CCC[C@@H]21. The van der Waals surface area contributed by atoms with Gasteiger partial charge in [0.2, 0.25) is 11.8 Å². The molecule has 4 saturated heterocycles. The molecule has 3 aromatic carbocycles. The number of methoxy groups -OCH3 is 2. The topological polar surface area (TPSA) is 181 Å². The Morgan fingerprint density at radius 1 is 0.690 bits per heavy atom. The van der Waals surface area contributed by atoms with Gasteiger partial charge in [0, 0.05) is 31.4 Å². The zero-order valence-corrected chi connectivity index (χ0v) is 40.6. The second-order valence-electron chi connectivity index (χ2n) is 20.6. The summed E-state index contributed by atoms with van der Waals surface area (Å²) >= 11 is 0. The molecule has 7 atom stereocenters. The number of amides is 4. The number of imidazole rings is 2. The minimum absolute atomic E-state index is 0.0262. The molecule has 18 heteroatoms. The summed E-state index contributed by atoms with van der Waals surface area (Å²) in [6, 6.07) is 13.5. The van der Waals surface area contributed by atoms with Crippen molar-refractivity contribution in [1.82, 2.24) is 40.4 Å². The van der Waals surface area contributed by atoms with E-state index in [1.165, 1.54) is 26.4 Å². The molecule has 5 aromatic rings. The Balaban J connectivity index is 0.907. The number of rotatable bonds is 11. The third-order valence-corrected chi connectivity index (χ3v) is 16.6. The van der Waals surface area contributed by atoms with E-state index in [0.29, 0.717) is 55.7 Å². The minimum Gasteiger partial charge on any atom is -0.453 e. The summed E-state index contributed by atoms with van der Waals surface area (Å²) in [6.07, 6.45) is 12.0. The monoisotopic (exact) mass is 974 g/mol. The van der Waals surface area contributed by atoms with Crippen LogP contribution in [0.2, 0.25) is 0 Å².